The van der Waals surface area contributed by atoms with Crippen LogP contribution < -0.4 is 0 Å². The van der Waals surface area contributed by atoms with Crippen molar-refractivity contribution in [3.05, 3.63) is 11.8 Å². The summed E-state index contributed by atoms with van der Waals surface area (Å²) in [5, 5.41) is 9.13. The van der Waals surface area contributed by atoms with E-state index in [-0.39, 0.29) is 28.9 Å². The summed E-state index contributed by atoms with van der Waals surface area (Å²) in [7, 11) is 1.48. The van der Waals surface area contributed by atoms with Gasteiger partial charge in [0.15, 0.2) is 5.78 Å². The molecule has 0 heterocycles. The average molecular weight is 210 g/mol. The topological polar surface area (TPSA) is 46.5 Å². The Morgan fingerprint density at radius 1 is 1.67 bits per heavy atom. The third kappa shape index (κ3) is 5.37. The van der Waals surface area contributed by atoms with Crippen molar-refractivity contribution in [2.45, 2.75) is 26.4 Å². The van der Waals surface area contributed by atoms with E-state index in [0.717, 1.165) is 0 Å². The molecule has 0 radical (unpaired) electrons. The van der Waals surface area contributed by atoms with Gasteiger partial charge in [-0.3, -0.25) is 4.79 Å². The van der Waals surface area contributed by atoms with E-state index < -0.39 is 6.10 Å². The van der Waals surface area contributed by atoms with E-state index in [4.69, 9.17) is 9.84 Å². The minimum Gasteiger partial charge on any atom is -0.509 e. The molecular formula is C8H14CrO3. The molecule has 3 nitrogen and oxygen atoms in total. The molecule has 0 aliphatic rings. The van der Waals surface area contributed by atoms with Crippen LogP contribution >= 0.6 is 0 Å². The van der Waals surface area contributed by atoms with Crippen LogP contribution in [0.2, 0.25) is 0 Å². The van der Waals surface area contributed by atoms with Gasteiger partial charge in [0.05, 0.1) is 0 Å². The first kappa shape index (κ1) is 14.2. The van der Waals surface area contributed by atoms with Crippen molar-refractivity contribution in [1.29, 1.82) is 0 Å². The maximum absolute atomic E-state index is 10.8. The van der Waals surface area contributed by atoms with Crippen molar-refractivity contribution >= 4 is 5.78 Å². The molecule has 0 aromatic carbocycles. The molecule has 12 heavy (non-hydrogen) atoms. The van der Waals surface area contributed by atoms with Crippen molar-refractivity contribution in [3.63, 3.8) is 0 Å². The van der Waals surface area contributed by atoms with Crippen LogP contribution in [0.3, 0.4) is 0 Å². The number of aliphatic hydroxyl groups is 1. The predicted molar refractivity (Wildman–Crippen MR) is 42.5 cm³/mol. The number of methoxy groups -OCH3 is 1. The Balaban J connectivity index is 0. The summed E-state index contributed by atoms with van der Waals surface area (Å²) in [6.07, 6.45) is 1.21. The third-order valence-electron chi connectivity index (χ3n) is 1.43. The molecule has 1 unspecified atom stereocenters. The number of hydrogen-bond donors (Lipinski definition) is 1. The standard InChI is InChI=1S/C8H14O3.Cr/c1-4-7(9)5-8(10)6(2)11-3;/h5-6,10H,4H2,1-3H3;/b8-5-;. The number of aliphatic hydroxyl groups excluding tert-OH is 1. The zero-order valence-corrected chi connectivity index (χ0v) is 8.81. The Labute approximate surface area is 83.5 Å². The van der Waals surface area contributed by atoms with Gasteiger partial charge in [-0.15, -0.1) is 0 Å². The quantitative estimate of drug-likeness (QED) is 0.564. The first-order chi connectivity index (χ1) is 5.11. The second-order valence-electron chi connectivity index (χ2n) is 2.27. The molecule has 0 aliphatic carbocycles. The zero-order valence-electron chi connectivity index (χ0n) is 7.53. The maximum atomic E-state index is 10.8. The smallest absolute Gasteiger partial charge is 0.158 e. The van der Waals surface area contributed by atoms with Crippen LogP contribution in [0.25, 0.3) is 0 Å². The van der Waals surface area contributed by atoms with Crippen molar-refractivity contribution < 1.29 is 32.0 Å². The summed E-state index contributed by atoms with van der Waals surface area (Å²) < 4.78 is 4.79. The molecule has 1 atom stereocenters. The first-order valence-electron chi connectivity index (χ1n) is 3.58. The van der Waals surface area contributed by atoms with E-state index in [1.807, 2.05) is 0 Å². The fourth-order valence-electron chi connectivity index (χ4n) is 0.505. The van der Waals surface area contributed by atoms with Crippen LogP contribution in [0.5, 0.6) is 0 Å². The van der Waals surface area contributed by atoms with Gasteiger partial charge in [0, 0.05) is 37.0 Å². The average Bonchev–Trinajstić information content (AvgIpc) is 2.02. The van der Waals surface area contributed by atoms with Crippen LogP contribution in [0, 0.1) is 0 Å². The Morgan fingerprint density at radius 2 is 2.17 bits per heavy atom. The number of hydrogen-bond acceptors (Lipinski definition) is 3. The van der Waals surface area contributed by atoms with Gasteiger partial charge in [0.25, 0.3) is 0 Å². The molecular weight excluding hydrogens is 196 g/mol. The molecule has 0 rings (SSSR count). The summed E-state index contributed by atoms with van der Waals surface area (Å²) in [5.41, 5.74) is 0. The number of rotatable bonds is 4. The van der Waals surface area contributed by atoms with Crippen molar-refractivity contribution in [2.75, 3.05) is 7.11 Å². The van der Waals surface area contributed by atoms with Crippen LogP contribution in [0.1, 0.15) is 20.3 Å². The van der Waals surface area contributed by atoms with Crippen LogP contribution in [-0.2, 0) is 26.9 Å². The minimum atomic E-state index is -0.398. The minimum absolute atomic E-state index is 0. The molecule has 0 spiro atoms. The second kappa shape index (κ2) is 7.36. The van der Waals surface area contributed by atoms with Gasteiger partial charge in [0.1, 0.15) is 11.9 Å². The molecule has 70 valence electrons. The van der Waals surface area contributed by atoms with Gasteiger partial charge < -0.3 is 9.84 Å². The van der Waals surface area contributed by atoms with Crippen LogP contribution in [0.4, 0.5) is 0 Å². The van der Waals surface area contributed by atoms with E-state index in [1.165, 1.54) is 13.2 Å². The van der Waals surface area contributed by atoms with Crippen molar-refractivity contribution in [1.82, 2.24) is 0 Å². The third-order valence-corrected chi connectivity index (χ3v) is 1.43. The number of ketones is 1. The maximum Gasteiger partial charge on any atom is 0.158 e. The fraction of sp³-hybridized carbons (Fsp3) is 0.625. The van der Waals surface area contributed by atoms with Gasteiger partial charge >= 0.3 is 0 Å². The Morgan fingerprint density at radius 3 is 2.50 bits per heavy atom. The normalized spacial score (nSPS) is 13.4. The van der Waals surface area contributed by atoms with Gasteiger partial charge in [0.2, 0.25) is 0 Å². The number of carbonyl (C=O) groups is 1. The molecule has 0 aromatic rings. The van der Waals surface area contributed by atoms with E-state index in [0.29, 0.717) is 6.42 Å². The molecule has 0 saturated heterocycles. The van der Waals surface area contributed by atoms with Gasteiger partial charge in [-0.25, -0.2) is 0 Å². The number of ether oxygens (including phenoxy) is 1. The van der Waals surface area contributed by atoms with Gasteiger partial charge in [-0.05, 0) is 6.92 Å². The van der Waals surface area contributed by atoms with E-state index >= 15 is 0 Å². The van der Waals surface area contributed by atoms with Crippen molar-refractivity contribution in [3.8, 4) is 0 Å². The Kier molecular flexibility index (Phi) is 8.73. The van der Waals surface area contributed by atoms with Crippen LogP contribution in [0.15, 0.2) is 11.8 Å². The molecule has 0 aromatic heterocycles. The fourth-order valence-corrected chi connectivity index (χ4v) is 0.505. The Bertz CT molecular complexity index is 166. The van der Waals surface area contributed by atoms with Gasteiger partial charge in [-0.2, -0.15) is 0 Å². The zero-order chi connectivity index (χ0) is 8.85. The summed E-state index contributed by atoms with van der Waals surface area (Å²) >= 11 is 0. The first-order valence-corrected chi connectivity index (χ1v) is 3.58. The van der Waals surface area contributed by atoms with Gasteiger partial charge in [-0.1, -0.05) is 6.92 Å². The molecule has 0 saturated carbocycles. The van der Waals surface area contributed by atoms with Crippen molar-refractivity contribution in [2.24, 2.45) is 0 Å². The summed E-state index contributed by atoms with van der Waals surface area (Å²) in [6, 6.07) is 0. The summed E-state index contributed by atoms with van der Waals surface area (Å²) in [6.45, 7) is 3.42. The Hall–Kier alpha value is -0.298. The van der Waals surface area contributed by atoms with E-state index in [1.54, 1.807) is 13.8 Å². The number of allylic oxidation sites excluding steroid dienone is 1. The number of carbonyl (C=O) groups excluding carboxylic acids is 1. The molecule has 0 fully saturated rings. The van der Waals surface area contributed by atoms with Crippen LogP contribution in [-0.4, -0.2) is 24.1 Å². The SMILES string of the molecule is CCC(=O)/C=C(\O)C(C)OC.[Cr]. The largest absolute Gasteiger partial charge is 0.509 e. The summed E-state index contributed by atoms with van der Waals surface area (Å²) in [5.74, 6) is -0.106. The molecule has 1 N–H and O–H groups in total. The summed E-state index contributed by atoms with van der Waals surface area (Å²) in [4.78, 5) is 10.8. The monoisotopic (exact) mass is 210 g/mol. The second-order valence-corrected chi connectivity index (χ2v) is 2.27. The molecule has 0 amide bonds. The molecule has 4 heteroatoms. The van der Waals surface area contributed by atoms with E-state index in [9.17, 15) is 4.79 Å². The molecule has 0 aliphatic heterocycles. The van der Waals surface area contributed by atoms with E-state index in [2.05, 4.69) is 0 Å². The predicted octanol–water partition coefficient (Wildman–Crippen LogP) is 1.44. The molecule has 0 bridgehead atoms.